The van der Waals surface area contributed by atoms with E-state index in [4.69, 9.17) is 10.8 Å². The fraction of sp³-hybridized carbons (Fsp3) is 0.889. The molecule has 4 N–H and O–H groups in total. The normalized spacial score (nSPS) is 28.6. The Labute approximate surface area is 95.3 Å². The highest BCUT2D eigenvalue weighted by Crippen LogP contribution is 2.18. The van der Waals surface area contributed by atoms with E-state index in [9.17, 15) is 13.2 Å². The van der Waals surface area contributed by atoms with Crippen LogP contribution in [0.5, 0.6) is 0 Å². The summed E-state index contributed by atoms with van der Waals surface area (Å²) in [5.41, 5.74) is 5.79. The lowest BCUT2D eigenvalue weighted by Crippen LogP contribution is -2.52. The van der Waals surface area contributed by atoms with Crippen molar-refractivity contribution < 1.29 is 18.3 Å². The Bertz CT molecular complexity index is 355. The third-order valence-electron chi connectivity index (χ3n) is 2.95. The molecule has 7 heteroatoms. The third-order valence-corrected chi connectivity index (χ3v) is 4.71. The molecule has 0 aliphatic heterocycles. The van der Waals surface area contributed by atoms with Gasteiger partial charge in [0.15, 0.2) is 5.25 Å². The van der Waals surface area contributed by atoms with Crippen LogP contribution in [0.3, 0.4) is 0 Å². The molecular formula is C9H18N2O4S. The zero-order valence-corrected chi connectivity index (χ0v) is 10.0. The van der Waals surface area contributed by atoms with Crippen LogP contribution in [0, 0.1) is 0 Å². The summed E-state index contributed by atoms with van der Waals surface area (Å²) >= 11 is 0. The highest BCUT2D eigenvalue weighted by molar-refractivity contribution is 7.90. The van der Waals surface area contributed by atoms with Gasteiger partial charge in [0.2, 0.25) is 10.0 Å². The first-order valence-corrected chi connectivity index (χ1v) is 6.89. The topological polar surface area (TPSA) is 109 Å². The van der Waals surface area contributed by atoms with Crippen molar-refractivity contribution in [1.82, 2.24) is 4.72 Å². The number of carboxylic acids is 1. The van der Waals surface area contributed by atoms with Crippen molar-refractivity contribution >= 4 is 16.0 Å². The van der Waals surface area contributed by atoms with E-state index in [2.05, 4.69) is 4.72 Å². The van der Waals surface area contributed by atoms with Crippen molar-refractivity contribution in [2.45, 2.75) is 49.9 Å². The molecular weight excluding hydrogens is 232 g/mol. The van der Waals surface area contributed by atoms with E-state index in [1.165, 1.54) is 0 Å². The van der Waals surface area contributed by atoms with Crippen LogP contribution in [0.1, 0.15) is 32.6 Å². The Morgan fingerprint density at radius 1 is 1.44 bits per heavy atom. The lowest BCUT2D eigenvalue weighted by molar-refractivity contribution is -0.136. The lowest BCUT2D eigenvalue weighted by Gasteiger charge is -2.29. The molecule has 0 aromatic rings. The molecule has 1 rings (SSSR count). The molecule has 1 aliphatic carbocycles. The van der Waals surface area contributed by atoms with Gasteiger partial charge in [0.25, 0.3) is 0 Å². The minimum atomic E-state index is -3.82. The molecule has 6 nitrogen and oxygen atoms in total. The summed E-state index contributed by atoms with van der Waals surface area (Å²) in [6.45, 7) is 1.15. The summed E-state index contributed by atoms with van der Waals surface area (Å²) in [6.07, 6.45) is 3.36. The Balaban J connectivity index is 2.68. The van der Waals surface area contributed by atoms with Crippen LogP contribution in [0.4, 0.5) is 0 Å². The summed E-state index contributed by atoms with van der Waals surface area (Å²) in [5.74, 6) is -1.35. The zero-order chi connectivity index (χ0) is 12.3. The molecule has 0 spiro atoms. The summed E-state index contributed by atoms with van der Waals surface area (Å²) in [7, 11) is -3.82. The quantitative estimate of drug-likeness (QED) is 0.631. The van der Waals surface area contributed by atoms with E-state index in [1.807, 2.05) is 0 Å². The third kappa shape index (κ3) is 3.16. The highest BCUT2D eigenvalue weighted by Gasteiger charge is 2.32. The Kier molecular flexibility index (Phi) is 4.28. The second kappa shape index (κ2) is 5.11. The van der Waals surface area contributed by atoms with E-state index < -0.39 is 21.2 Å². The van der Waals surface area contributed by atoms with Gasteiger partial charge in [-0.1, -0.05) is 12.8 Å². The maximum Gasteiger partial charge on any atom is 0.323 e. The first-order chi connectivity index (χ1) is 7.34. The molecule has 94 valence electrons. The first-order valence-electron chi connectivity index (χ1n) is 5.34. The molecule has 1 fully saturated rings. The van der Waals surface area contributed by atoms with Gasteiger partial charge >= 0.3 is 5.97 Å². The van der Waals surface area contributed by atoms with E-state index in [-0.39, 0.29) is 12.1 Å². The van der Waals surface area contributed by atoms with E-state index >= 15 is 0 Å². The number of nitrogens with two attached hydrogens (primary N) is 1. The molecule has 0 aromatic heterocycles. The lowest BCUT2D eigenvalue weighted by atomic mass is 9.92. The highest BCUT2D eigenvalue weighted by atomic mass is 32.2. The van der Waals surface area contributed by atoms with Gasteiger partial charge in [-0.3, -0.25) is 4.79 Å². The van der Waals surface area contributed by atoms with Crippen LogP contribution < -0.4 is 10.5 Å². The summed E-state index contributed by atoms with van der Waals surface area (Å²) < 4.78 is 25.7. The number of carboxylic acid groups (broad SMARTS) is 1. The number of aliphatic carboxylic acids is 1. The molecule has 1 aliphatic rings. The Morgan fingerprint density at radius 2 is 2.00 bits per heavy atom. The first kappa shape index (κ1) is 13.4. The summed E-state index contributed by atoms with van der Waals surface area (Å²) in [6, 6.07) is -0.551. The van der Waals surface area contributed by atoms with Crippen LogP contribution in [0.25, 0.3) is 0 Å². The maximum absolute atomic E-state index is 11.6. The zero-order valence-electron chi connectivity index (χ0n) is 9.22. The van der Waals surface area contributed by atoms with Gasteiger partial charge in [0.05, 0.1) is 0 Å². The smallest absolute Gasteiger partial charge is 0.323 e. The van der Waals surface area contributed by atoms with Gasteiger partial charge in [0, 0.05) is 12.1 Å². The van der Waals surface area contributed by atoms with E-state index in [0.717, 1.165) is 26.2 Å². The number of hydrogen-bond acceptors (Lipinski definition) is 4. The van der Waals surface area contributed by atoms with E-state index in [0.29, 0.717) is 6.42 Å². The molecule has 1 saturated carbocycles. The molecule has 0 bridgehead atoms. The van der Waals surface area contributed by atoms with Gasteiger partial charge in [-0.2, -0.15) is 0 Å². The van der Waals surface area contributed by atoms with Crippen LogP contribution >= 0.6 is 0 Å². The number of rotatable bonds is 4. The van der Waals surface area contributed by atoms with Crippen LogP contribution in [-0.2, 0) is 14.8 Å². The van der Waals surface area contributed by atoms with Crippen LogP contribution in [-0.4, -0.2) is 36.8 Å². The predicted octanol–water partition coefficient (Wildman–Crippen LogP) is -0.351. The summed E-state index contributed by atoms with van der Waals surface area (Å²) in [4.78, 5) is 10.6. The van der Waals surface area contributed by atoms with Gasteiger partial charge in [0.1, 0.15) is 0 Å². The minimum Gasteiger partial charge on any atom is -0.480 e. The van der Waals surface area contributed by atoms with Crippen molar-refractivity contribution in [3.8, 4) is 0 Å². The molecule has 3 atom stereocenters. The fourth-order valence-electron chi connectivity index (χ4n) is 1.75. The molecule has 0 heterocycles. The maximum atomic E-state index is 11.6. The summed E-state index contributed by atoms with van der Waals surface area (Å²) in [5, 5.41) is 7.22. The Hall–Kier alpha value is -0.660. The van der Waals surface area contributed by atoms with Crippen LogP contribution in [0.2, 0.25) is 0 Å². The second-order valence-electron chi connectivity index (χ2n) is 4.20. The van der Waals surface area contributed by atoms with Gasteiger partial charge < -0.3 is 10.8 Å². The SMILES string of the molecule is CC(C(=O)O)S(=O)(=O)N[C@@H]1CCCC[C@H]1N. The Morgan fingerprint density at radius 3 is 2.50 bits per heavy atom. The monoisotopic (exact) mass is 250 g/mol. The molecule has 1 unspecified atom stereocenters. The largest absolute Gasteiger partial charge is 0.480 e. The average molecular weight is 250 g/mol. The van der Waals surface area contributed by atoms with Crippen molar-refractivity contribution in [1.29, 1.82) is 0 Å². The van der Waals surface area contributed by atoms with Crippen molar-refractivity contribution in [3.63, 3.8) is 0 Å². The number of carbonyl (C=O) groups is 1. The number of nitrogens with one attached hydrogen (secondary N) is 1. The molecule has 16 heavy (non-hydrogen) atoms. The van der Waals surface area contributed by atoms with Crippen LogP contribution in [0.15, 0.2) is 0 Å². The van der Waals surface area contributed by atoms with Gasteiger partial charge in [-0.05, 0) is 19.8 Å². The molecule has 0 amide bonds. The molecule has 0 aromatic carbocycles. The predicted molar refractivity (Wildman–Crippen MR) is 59.4 cm³/mol. The van der Waals surface area contributed by atoms with Crippen molar-refractivity contribution in [3.05, 3.63) is 0 Å². The standard InChI is InChI=1S/C9H18N2O4S/c1-6(9(12)13)16(14,15)11-8-5-3-2-4-7(8)10/h6-8,11H,2-5,10H2,1H3,(H,12,13)/t6?,7-,8-/m1/s1. The number of hydrogen-bond donors (Lipinski definition) is 3. The number of sulfonamides is 1. The van der Waals surface area contributed by atoms with Gasteiger partial charge in [-0.15, -0.1) is 0 Å². The second-order valence-corrected chi connectivity index (χ2v) is 6.23. The average Bonchev–Trinajstić information content (AvgIpc) is 2.20. The molecule has 0 saturated heterocycles. The van der Waals surface area contributed by atoms with Crippen molar-refractivity contribution in [2.24, 2.45) is 5.73 Å². The van der Waals surface area contributed by atoms with Crippen molar-refractivity contribution in [2.75, 3.05) is 0 Å². The molecule has 0 radical (unpaired) electrons. The minimum absolute atomic E-state index is 0.218. The van der Waals surface area contributed by atoms with Gasteiger partial charge in [-0.25, -0.2) is 13.1 Å². The van der Waals surface area contributed by atoms with E-state index in [1.54, 1.807) is 0 Å². The fourth-order valence-corrected chi connectivity index (χ4v) is 2.94.